The fourth-order valence-corrected chi connectivity index (χ4v) is 5.63. The van der Waals surface area contributed by atoms with E-state index >= 15 is 0 Å². The van der Waals surface area contributed by atoms with Crippen molar-refractivity contribution in [1.82, 2.24) is 13.6 Å². The molecule has 0 unspecified atom stereocenters. The third-order valence-corrected chi connectivity index (χ3v) is 7.54. The number of fused-ring (bicyclic) bond motifs is 1. The van der Waals surface area contributed by atoms with E-state index in [-0.39, 0.29) is 4.90 Å². The Morgan fingerprint density at radius 3 is 2.06 bits per heavy atom. The molecule has 2 N–H and O–H groups in total. The van der Waals surface area contributed by atoms with Gasteiger partial charge in [0.1, 0.15) is 5.69 Å². The van der Waals surface area contributed by atoms with Crippen molar-refractivity contribution in [3.63, 3.8) is 0 Å². The second-order valence-electron chi connectivity index (χ2n) is 7.79. The fraction of sp³-hybridized carbons (Fsp3) is 0.0800. The van der Waals surface area contributed by atoms with Crippen LogP contribution >= 0.6 is 0 Å². The van der Waals surface area contributed by atoms with Gasteiger partial charge in [-0.1, -0.05) is 30.3 Å². The van der Waals surface area contributed by atoms with Crippen molar-refractivity contribution >= 4 is 21.2 Å². The van der Waals surface area contributed by atoms with E-state index in [0.29, 0.717) is 17.1 Å². The van der Waals surface area contributed by atoms with Gasteiger partial charge in [-0.25, -0.2) is 16.9 Å². The molecule has 0 spiro atoms. The maximum absolute atomic E-state index is 13.2. The maximum Gasteiger partial charge on any atom is 0.268 e. The Morgan fingerprint density at radius 1 is 0.781 bits per heavy atom. The van der Waals surface area contributed by atoms with Gasteiger partial charge < -0.3 is 5.73 Å². The third kappa shape index (κ3) is 3.18. The number of pyridine rings is 1. The number of aromatic nitrogens is 3. The van der Waals surface area contributed by atoms with E-state index in [0.717, 1.165) is 27.9 Å². The molecule has 3 heterocycles. The number of rotatable bonds is 4. The summed E-state index contributed by atoms with van der Waals surface area (Å²) < 4.78 is 29.6. The summed E-state index contributed by atoms with van der Waals surface area (Å²) in [6, 6.07) is 24.1. The molecule has 0 aliphatic rings. The number of anilines is 1. The normalized spacial score (nSPS) is 11.8. The number of nitrogens with zero attached hydrogens (tertiary/aromatic N) is 3. The lowest BCUT2D eigenvalue weighted by atomic mass is 10.00. The Labute approximate surface area is 186 Å². The molecule has 6 nitrogen and oxygen atoms in total. The van der Waals surface area contributed by atoms with Crippen molar-refractivity contribution in [1.29, 1.82) is 0 Å². The first kappa shape index (κ1) is 20.1. The van der Waals surface area contributed by atoms with Crippen LogP contribution in [0.4, 0.5) is 5.69 Å². The summed E-state index contributed by atoms with van der Waals surface area (Å²) in [5, 5.41) is 4.78. The van der Waals surface area contributed by atoms with Crippen molar-refractivity contribution in [3.05, 3.63) is 96.4 Å². The molecule has 0 atom stereocenters. The predicted molar refractivity (Wildman–Crippen MR) is 127 cm³/mol. The Bertz CT molecular complexity index is 1520. The Balaban J connectivity index is 1.65. The largest absolute Gasteiger partial charge is 0.399 e. The SMILES string of the molecule is Cc1ccc(C)n1S(=O)(=O)c1ccc(-c2c(-c3ccc(N)cc3)nn3ccccc23)cc1. The zero-order valence-electron chi connectivity index (χ0n) is 17.7. The second kappa shape index (κ2) is 7.39. The molecular formula is C25H22N4O2S. The molecule has 3 aromatic heterocycles. The van der Waals surface area contributed by atoms with E-state index < -0.39 is 10.0 Å². The molecule has 5 aromatic rings. The summed E-state index contributed by atoms with van der Waals surface area (Å²) in [4.78, 5) is 0.245. The molecule has 0 saturated carbocycles. The third-order valence-electron chi connectivity index (χ3n) is 5.61. The highest BCUT2D eigenvalue weighted by atomic mass is 32.2. The molecule has 0 fully saturated rings. The van der Waals surface area contributed by atoms with E-state index in [1.165, 1.54) is 3.97 Å². The van der Waals surface area contributed by atoms with Crippen LogP contribution in [0.5, 0.6) is 0 Å². The van der Waals surface area contributed by atoms with Gasteiger partial charge in [0.15, 0.2) is 0 Å². The highest BCUT2D eigenvalue weighted by molar-refractivity contribution is 7.90. The van der Waals surface area contributed by atoms with Crippen LogP contribution < -0.4 is 5.73 Å². The molecule has 0 aliphatic heterocycles. The Hall–Kier alpha value is -3.84. The van der Waals surface area contributed by atoms with Gasteiger partial charge in [0.2, 0.25) is 0 Å². The van der Waals surface area contributed by atoms with Crippen LogP contribution in [0.3, 0.4) is 0 Å². The Kier molecular flexibility index (Phi) is 4.64. The van der Waals surface area contributed by atoms with Crippen molar-refractivity contribution in [3.8, 4) is 22.4 Å². The van der Waals surface area contributed by atoms with Crippen LogP contribution in [0.25, 0.3) is 27.9 Å². The first-order valence-electron chi connectivity index (χ1n) is 10.2. The van der Waals surface area contributed by atoms with Gasteiger partial charge in [-0.2, -0.15) is 5.10 Å². The monoisotopic (exact) mass is 442 g/mol. The van der Waals surface area contributed by atoms with Gasteiger partial charge >= 0.3 is 0 Å². The van der Waals surface area contributed by atoms with E-state index in [4.69, 9.17) is 10.8 Å². The molecule has 32 heavy (non-hydrogen) atoms. The van der Waals surface area contributed by atoms with Gasteiger partial charge in [0, 0.05) is 34.4 Å². The number of nitrogens with two attached hydrogens (primary N) is 1. The Morgan fingerprint density at radius 2 is 1.41 bits per heavy atom. The van der Waals surface area contributed by atoms with Crippen LogP contribution in [0, 0.1) is 13.8 Å². The lowest BCUT2D eigenvalue weighted by molar-refractivity contribution is 0.585. The lowest BCUT2D eigenvalue weighted by Crippen LogP contribution is -2.15. The lowest BCUT2D eigenvalue weighted by Gasteiger charge is -2.11. The average molecular weight is 443 g/mol. The molecule has 7 heteroatoms. The number of aryl methyl sites for hydroxylation is 2. The molecule has 0 saturated heterocycles. The summed E-state index contributed by atoms with van der Waals surface area (Å²) in [6.45, 7) is 3.58. The van der Waals surface area contributed by atoms with Crippen molar-refractivity contribution in [2.45, 2.75) is 18.7 Å². The predicted octanol–water partition coefficient (Wildman–Crippen LogP) is 4.91. The standard InChI is InChI=1S/C25H22N4O2S/c1-17-6-7-18(2)29(17)32(30,31)22-14-10-19(11-15-22)24-23-5-3-4-16-28(23)27-25(24)20-8-12-21(26)13-9-20/h3-16H,26H2,1-2H3. The van der Waals surface area contributed by atoms with Crippen LogP contribution in [0.1, 0.15) is 11.4 Å². The quantitative estimate of drug-likeness (QED) is 0.401. The molecule has 0 radical (unpaired) electrons. The molecule has 5 rings (SSSR count). The van der Waals surface area contributed by atoms with E-state index in [1.807, 2.05) is 65.3 Å². The van der Waals surface area contributed by atoms with E-state index in [2.05, 4.69) is 0 Å². The summed E-state index contributed by atoms with van der Waals surface area (Å²) in [6.07, 6.45) is 1.90. The molecule has 2 aromatic carbocycles. The number of hydrogen-bond donors (Lipinski definition) is 1. The topological polar surface area (TPSA) is 82.4 Å². The molecule has 0 amide bonds. The van der Waals surface area contributed by atoms with Gasteiger partial charge in [0.05, 0.1) is 10.4 Å². The van der Waals surface area contributed by atoms with Crippen molar-refractivity contribution < 1.29 is 8.42 Å². The summed E-state index contributed by atoms with van der Waals surface area (Å²) in [5.41, 5.74) is 12.4. The maximum atomic E-state index is 13.2. The molecule has 0 aliphatic carbocycles. The van der Waals surface area contributed by atoms with Crippen molar-refractivity contribution in [2.75, 3.05) is 5.73 Å². The summed E-state index contributed by atoms with van der Waals surface area (Å²) >= 11 is 0. The smallest absolute Gasteiger partial charge is 0.268 e. The number of benzene rings is 2. The highest BCUT2D eigenvalue weighted by Crippen LogP contribution is 2.36. The zero-order chi connectivity index (χ0) is 22.5. The minimum absolute atomic E-state index is 0.245. The van der Waals surface area contributed by atoms with Gasteiger partial charge in [-0.3, -0.25) is 0 Å². The molecule has 160 valence electrons. The molecular weight excluding hydrogens is 420 g/mol. The zero-order valence-corrected chi connectivity index (χ0v) is 18.5. The minimum atomic E-state index is -3.67. The highest BCUT2D eigenvalue weighted by Gasteiger charge is 2.21. The average Bonchev–Trinajstić information content (AvgIpc) is 3.34. The first-order chi connectivity index (χ1) is 15.4. The van der Waals surface area contributed by atoms with Crippen LogP contribution in [0.2, 0.25) is 0 Å². The fourth-order valence-electron chi connectivity index (χ4n) is 4.06. The minimum Gasteiger partial charge on any atom is -0.399 e. The van der Waals surface area contributed by atoms with Crippen LogP contribution in [-0.4, -0.2) is 22.0 Å². The second-order valence-corrected chi connectivity index (χ2v) is 9.57. The summed E-state index contributed by atoms with van der Waals surface area (Å²) in [5.74, 6) is 0. The first-order valence-corrected chi connectivity index (χ1v) is 11.6. The van der Waals surface area contributed by atoms with E-state index in [1.54, 1.807) is 38.1 Å². The summed E-state index contributed by atoms with van der Waals surface area (Å²) in [7, 11) is -3.67. The van der Waals surface area contributed by atoms with Gasteiger partial charge in [-0.05, 0) is 67.9 Å². The number of hydrogen-bond acceptors (Lipinski definition) is 4. The van der Waals surface area contributed by atoms with Crippen LogP contribution in [0.15, 0.2) is 90.0 Å². The van der Waals surface area contributed by atoms with Crippen LogP contribution in [-0.2, 0) is 10.0 Å². The molecule has 0 bridgehead atoms. The number of nitrogen functional groups attached to an aromatic ring is 1. The van der Waals surface area contributed by atoms with E-state index in [9.17, 15) is 8.42 Å². The van der Waals surface area contributed by atoms with Gasteiger partial charge in [-0.15, -0.1) is 0 Å². The van der Waals surface area contributed by atoms with Crippen molar-refractivity contribution in [2.24, 2.45) is 0 Å². The van der Waals surface area contributed by atoms with Gasteiger partial charge in [0.25, 0.3) is 10.0 Å².